The van der Waals surface area contributed by atoms with E-state index in [9.17, 15) is 4.39 Å². The molecule has 0 bridgehead atoms. The zero-order valence-electron chi connectivity index (χ0n) is 10.0. The maximum Gasteiger partial charge on any atom is 0.133 e. The van der Waals surface area contributed by atoms with E-state index in [1.807, 2.05) is 6.07 Å². The highest BCUT2D eigenvalue weighted by Gasteiger charge is 2.19. The van der Waals surface area contributed by atoms with E-state index in [0.29, 0.717) is 10.8 Å². The van der Waals surface area contributed by atoms with E-state index >= 15 is 0 Å². The lowest BCUT2D eigenvalue weighted by Gasteiger charge is -2.14. The highest BCUT2D eigenvalue weighted by atomic mass is 35.5. The van der Waals surface area contributed by atoms with Crippen LogP contribution in [-0.4, -0.2) is 9.78 Å². The summed E-state index contributed by atoms with van der Waals surface area (Å²) >= 11 is 6.12. The summed E-state index contributed by atoms with van der Waals surface area (Å²) < 4.78 is 14.7. The van der Waals surface area contributed by atoms with E-state index in [2.05, 4.69) is 25.9 Å². The van der Waals surface area contributed by atoms with Gasteiger partial charge in [-0.05, 0) is 24.3 Å². The van der Waals surface area contributed by atoms with Crippen molar-refractivity contribution in [3.8, 4) is 5.69 Å². The number of nitrogens with zero attached hydrogens (tertiary/aromatic N) is 2. The summed E-state index contributed by atoms with van der Waals surface area (Å²) in [5, 5.41) is 4.90. The molecular weight excluding hydrogens is 239 g/mol. The molecule has 1 heterocycles. The fourth-order valence-corrected chi connectivity index (χ4v) is 1.75. The maximum absolute atomic E-state index is 13.1. The standard InChI is InChI=1S/C13H14ClFN2/c1-13(2,3)11-8-12(14)17(16-11)10-6-4-5-9(15)7-10/h4-8H,1-3H3. The predicted molar refractivity (Wildman–Crippen MR) is 67.2 cm³/mol. The molecule has 0 fully saturated rings. The van der Waals surface area contributed by atoms with Crippen LogP contribution in [0.4, 0.5) is 4.39 Å². The highest BCUT2D eigenvalue weighted by molar-refractivity contribution is 6.29. The van der Waals surface area contributed by atoms with Crippen molar-refractivity contribution in [3.05, 3.63) is 47.0 Å². The first-order valence-electron chi connectivity index (χ1n) is 5.40. The Morgan fingerprint density at radius 3 is 2.47 bits per heavy atom. The molecule has 0 saturated heterocycles. The molecule has 1 aromatic heterocycles. The molecule has 0 aliphatic carbocycles. The van der Waals surface area contributed by atoms with Crippen LogP contribution in [0.15, 0.2) is 30.3 Å². The normalized spacial score (nSPS) is 11.8. The second-order valence-electron chi connectivity index (χ2n) is 4.99. The van der Waals surface area contributed by atoms with Crippen LogP contribution in [0.1, 0.15) is 26.5 Å². The van der Waals surface area contributed by atoms with Crippen molar-refractivity contribution in [3.63, 3.8) is 0 Å². The molecule has 2 aromatic rings. The minimum absolute atomic E-state index is 0.0811. The zero-order valence-corrected chi connectivity index (χ0v) is 10.8. The van der Waals surface area contributed by atoms with E-state index in [4.69, 9.17) is 11.6 Å². The van der Waals surface area contributed by atoms with Crippen molar-refractivity contribution in [2.24, 2.45) is 0 Å². The van der Waals surface area contributed by atoms with Crippen molar-refractivity contribution in [2.45, 2.75) is 26.2 Å². The average molecular weight is 253 g/mol. The van der Waals surface area contributed by atoms with E-state index in [1.165, 1.54) is 12.1 Å². The molecule has 0 saturated carbocycles. The largest absolute Gasteiger partial charge is 0.222 e. The van der Waals surface area contributed by atoms with E-state index in [1.54, 1.807) is 16.8 Å². The Balaban J connectivity index is 2.50. The van der Waals surface area contributed by atoms with Gasteiger partial charge in [0.25, 0.3) is 0 Å². The first-order chi connectivity index (χ1) is 7.88. The Morgan fingerprint density at radius 1 is 1.24 bits per heavy atom. The van der Waals surface area contributed by atoms with Crippen LogP contribution in [0, 0.1) is 5.82 Å². The van der Waals surface area contributed by atoms with Crippen molar-refractivity contribution < 1.29 is 4.39 Å². The quantitative estimate of drug-likeness (QED) is 0.751. The van der Waals surface area contributed by atoms with Gasteiger partial charge in [-0.3, -0.25) is 0 Å². The van der Waals surface area contributed by atoms with Gasteiger partial charge in [0.2, 0.25) is 0 Å². The Bertz CT molecular complexity index is 541. The van der Waals surface area contributed by atoms with Gasteiger partial charge in [0.1, 0.15) is 11.0 Å². The van der Waals surface area contributed by atoms with Crippen LogP contribution in [0.25, 0.3) is 5.69 Å². The number of aromatic nitrogens is 2. The first kappa shape index (κ1) is 12.1. The fraction of sp³-hybridized carbons (Fsp3) is 0.308. The van der Waals surface area contributed by atoms with Crippen molar-refractivity contribution in [1.82, 2.24) is 9.78 Å². The molecule has 0 radical (unpaired) electrons. The summed E-state index contributed by atoms with van der Waals surface area (Å²) in [4.78, 5) is 0. The fourth-order valence-electron chi connectivity index (χ4n) is 1.51. The molecular formula is C13H14ClFN2. The summed E-state index contributed by atoms with van der Waals surface area (Å²) in [5.74, 6) is -0.300. The average Bonchev–Trinajstić information content (AvgIpc) is 2.60. The molecule has 0 N–H and O–H groups in total. The molecule has 0 aliphatic heterocycles. The molecule has 0 unspecified atom stereocenters. The van der Waals surface area contributed by atoms with Crippen LogP contribution >= 0.6 is 11.6 Å². The molecule has 2 nitrogen and oxygen atoms in total. The topological polar surface area (TPSA) is 17.8 Å². The number of halogens is 2. The summed E-state index contributed by atoms with van der Waals surface area (Å²) in [7, 11) is 0. The molecule has 90 valence electrons. The molecule has 0 atom stereocenters. The third-order valence-electron chi connectivity index (χ3n) is 2.49. The van der Waals surface area contributed by atoms with Crippen molar-refractivity contribution in [1.29, 1.82) is 0 Å². The van der Waals surface area contributed by atoms with Crippen LogP contribution in [0.2, 0.25) is 5.15 Å². The number of hydrogen-bond acceptors (Lipinski definition) is 1. The lowest BCUT2D eigenvalue weighted by Crippen LogP contribution is -2.12. The van der Waals surface area contributed by atoms with Crippen LogP contribution in [0.5, 0.6) is 0 Å². The maximum atomic E-state index is 13.1. The SMILES string of the molecule is CC(C)(C)c1cc(Cl)n(-c2cccc(F)c2)n1. The van der Waals surface area contributed by atoms with E-state index in [0.717, 1.165) is 5.69 Å². The van der Waals surface area contributed by atoms with E-state index in [-0.39, 0.29) is 11.2 Å². The molecule has 0 spiro atoms. The lowest BCUT2D eigenvalue weighted by molar-refractivity contribution is 0.560. The highest BCUT2D eigenvalue weighted by Crippen LogP contribution is 2.26. The molecule has 0 aliphatic rings. The molecule has 17 heavy (non-hydrogen) atoms. The van der Waals surface area contributed by atoms with Crippen LogP contribution in [-0.2, 0) is 5.41 Å². The summed E-state index contributed by atoms with van der Waals surface area (Å²) in [6, 6.07) is 8.02. The van der Waals surface area contributed by atoms with Crippen molar-refractivity contribution in [2.75, 3.05) is 0 Å². The van der Waals surface area contributed by atoms with Crippen molar-refractivity contribution >= 4 is 11.6 Å². The van der Waals surface area contributed by atoms with Gasteiger partial charge in [-0.15, -0.1) is 0 Å². The number of rotatable bonds is 1. The third kappa shape index (κ3) is 2.50. The molecule has 0 amide bonds. The lowest BCUT2D eigenvalue weighted by atomic mass is 9.93. The Kier molecular flexibility index (Phi) is 2.96. The minimum atomic E-state index is -0.300. The van der Waals surface area contributed by atoms with Gasteiger partial charge in [-0.1, -0.05) is 38.4 Å². The van der Waals surface area contributed by atoms with Crippen LogP contribution < -0.4 is 0 Å². The first-order valence-corrected chi connectivity index (χ1v) is 5.78. The Morgan fingerprint density at radius 2 is 1.94 bits per heavy atom. The second kappa shape index (κ2) is 4.15. The Hall–Kier alpha value is -1.35. The summed E-state index contributed by atoms with van der Waals surface area (Å²) in [6.45, 7) is 6.17. The van der Waals surface area contributed by atoms with Gasteiger partial charge in [0, 0.05) is 5.41 Å². The molecule has 1 aromatic carbocycles. The van der Waals surface area contributed by atoms with Crippen LogP contribution in [0.3, 0.4) is 0 Å². The molecule has 4 heteroatoms. The Labute approximate surface area is 105 Å². The van der Waals surface area contributed by atoms with Gasteiger partial charge in [0.15, 0.2) is 0 Å². The smallest absolute Gasteiger partial charge is 0.133 e. The summed E-state index contributed by atoms with van der Waals surface area (Å²) in [6.07, 6.45) is 0. The van der Waals surface area contributed by atoms with Gasteiger partial charge in [0.05, 0.1) is 11.4 Å². The third-order valence-corrected chi connectivity index (χ3v) is 2.76. The zero-order chi connectivity index (χ0) is 12.6. The predicted octanol–water partition coefficient (Wildman–Crippen LogP) is 3.96. The number of hydrogen-bond donors (Lipinski definition) is 0. The summed E-state index contributed by atoms with van der Waals surface area (Å²) in [5.41, 5.74) is 1.43. The molecule has 2 rings (SSSR count). The monoisotopic (exact) mass is 252 g/mol. The number of benzene rings is 1. The van der Waals surface area contributed by atoms with Gasteiger partial charge in [-0.2, -0.15) is 5.10 Å². The minimum Gasteiger partial charge on any atom is -0.222 e. The van der Waals surface area contributed by atoms with Gasteiger partial charge < -0.3 is 0 Å². The van der Waals surface area contributed by atoms with E-state index < -0.39 is 0 Å². The van der Waals surface area contributed by atoms with Gasteiger partial charge >= 0.3 is 0 Å². The van der Waals surface area contributed by atoms with Gasteiger partial charge in [-0.25, -0.2) is 9.07 Å². The second-order valence-corrected chi connectivity index (χ2v) is 5.38.